The van der Waals surface area contributed by atoms with Gasteiger partial charge in [0.25, 0.3) is 5.91 Å². The highest BCUT2D eigenvalue weighted by atomic mass is 16.2. The van der Waals surface area contributed by atoms with E-state index in [-0.39, 0.29) is 17.7 Å². The number of carbonyl (C=O) groups is 3. The summed E-state index contributed by atoms with van der Waals surface area (Å²) >= 11 is 0. The highest BCUT2D eigenvalue weighted by Gasteiger charge is 2.21. The molecule has 0 aliphatic carbocycles. The summed E-state index contributed by atoms with van der Waals surface area (Å²) in [6.07, 6.45) is 1.79. The Balaban J connectivity index is 1.42. The molecule has 2 aromatic carbocycles. The number of benzene rings is 2. The van der Waals surface area contributed by atoms with Crippen LogP contribution in [-0.4, -0.2) is 44.4 Å². The first-order chi connectivity index (χ1) is 14.8. The van der Waals surface area contributed by atoms with Crippen molar-refractivity contribution in [1.82, 2.24) is 0 Å². The number of rotatable bonds is 8. The largest absolute Gasteiger partial charge is 0.329 e. The van der Waals surface area contributed by atoms with Crippen LogP contribution in [0.25, 0.3) is 0 Å². The molecule has 2 aromatic rings. The van der Waals surface area contributed by atoms with Gasteiger partial charge in [0.1, 0.15) is 0 Å². The third-order valence-corrected chi connectivity index (χ3v) is 5.52. The second-order valence-electron chi connectivity index (χ2n) is 8.19. The Morgan fingerprint density at radius 1 is 1.00 bits per heavy atom. The molecular weight excluding hydrogens is 392 g/mol. The van der Waals surface area contributed by atoms with Gasteiger partial charge in [-0.1, -0.05) is 18.2 Å². The molecule has 7 nitrogen and oxygen atoms in total. The average molecular weight is 424 g/mol. The number of anilines is 3. The topological polar surface area (TPSA) is 82.9 Å². The Kier molecular flexibility index (Phi) is 7.41. The number of hydrogen-bond acceptors (Lipinski definition) is 3. The van der Waals surface area contributed by atoms with Gasteiger partial charge in [-0.2, -0.15) is 0 Å². The van der Waals surface area contributed by atoms with Gasteiger partial charge in [-0.25, -0.2) is 0 Å². The van der Waals surface area contributed by atoms with E-state index in [1.807, 2.05) is 63.4 Å². The highest BCUT2D eigenvalue weighted by Crippen LogP contribution is 2.23. The molecule has 7 heteroatoms. The first-order valence-electron chi connectivity index (χ1n) is 10.7. The van der Waals surface area contributed by atoms with Gasteiger partial charge in [0.15, 0.2) is 6.54 Å². The molecule has 0 saturated carbocycles. The van der Waals surface area contributed by atoms with Crippen molar-refractivity contribution in [3.05, 3.63) is 53.6 Å². The Bertz CT molecular complexity index is 936. The molecule has 31 heavy (non-hydrogen) atoms. The zero-order chi connectivity index (χ0) is 22.4. The molecule has 1 atom stereocenters. The van der Waals surface area contributed by atoms with E-state index < -0.39 is 0 Å². The molecule has 3 N–H and O–H groups in total. The van der Waals surface area contributed by atoms with E-state index >= 15 is 0 Å². The van der Waals surface area contributed by atoms with Crippen LogP contribution in [0.2, 0.25) is 0 Å². The number of hydrogen-bond donors (Lipinski definition) is 3. The Morgan fingerprint density at radius 3 is 2.29 bits per heavy atom. The van der Waals surface area contributed by atoms with Crippen LogP contribution < -0.4 is 20.4 Å². The van der Waals surface area contributed by atoms with Crippen molar-refractivity contribution < 1.29 is 19.3 Å². The summed E-state index contributed by atoms with van der Waals surface area (Å²) in [7, 11) is 1.90. The summed E-state index contributed by atoms with van der Waals surface area (Å²) in [5.74, 6) is -0.0220. The molecule has 0 bridgehead atoms. The van der Waals surface area contributed by atoms with Gasteiger partial charge >= 0.3 is 0 Å². The van der Waals surface area contributed by atoms with Crippen LogP contribution in [-0.2, 0) is 14.4 Å². The summed E-state index contributed by atoms with van der Waals surface area (Å²) < 4.78 is 0. The third-order valence-electron chi connectivity index (χ3n) is 5.52. The third kappa shape index (κ3) is 6.15. The fourth-order valence-electron chi connectivity index (χ4n) is 3.75. The summed E-state index contributed by atoms with van der Waals surface area (Å²) in [6, 6.07) is 13.2. The van der Waals surface area contributed by atoms with E-state index in [1.54, 1.807) is 4.90 Å². The van der Waals surface area contributed by atoms with Crippen LogP contribution in [0.15, 0.2) is 42.5 Å². The minimum Gasteiger partial charge on any atom is -0.329 e. The van der Waals surface area contributed by atoms with Crippen LogP contribution in [0, 0.1) is 13.8 Å². The molecule has 1 saturated heterocycles. The van der Waals surface area contributed by atoms with E-state index in [0.29, 0.717) is 31.6 Å². The second-order valence-corrected chi connectivity index (χ2v) is 8.19. The van der Waals surface area contributed by atoms with Gasteiger partial charge in [-0.3, -0.25) is 14.4 Å². The maximum absolute atomic E-state index is 12.4. The lowest BCUT2D eigenvalue weighted by Gasteiger charge is -2.17. The van der Waals surface area contributed by atoms with Gasteiger partial charge in [-0.05, 0) is 55.7 Å². The van der Waals surface area contributed by atoms with Crippen LogP contribution in [0.3, 0.4) is 0 Å². The van der Waals surface area contributed by atoms with Gasteiger partial charge in [0.2, 0.25) is 11.8 Å². The van der Waals surface area contributed by atoms with Gasteiger partial charge in [0, 0.05) is 30.0 Å². The highest BCUT2D eigenvalue weighted by molar-refractivity contribution is 5.96. The molecule has 3 amide bonds. The zero-order valence-electron chi connectivity index (χ0n) is 18.5. The number of likely N-dealkylation sites (N-methyl/N-ethyl adjacent to an activating group) is 1. The molecule has 3 rings (SSSR count). The van der Waals surface area contributed by atoms with E-state index in [4.69, 9.17) is 0 Å². The van der Waals surface area contributed by atoms with Crippen molar-refractivity contribution in [2.75, 3.05) is 42.2 Å². The summed E-state index contributed by atoms with van der Waals surface area (Å²) in [6.45, 7) is 5.53. The Labute approximate surface area is 183 Å². The number of carbonyl (C=O) groups excluding carboxylic acids is 3. The molecule has 1 unspecified atom stereocenters. The van der Waals surface area contributed by atoms with Crippen molar-refractivity contribution >= 4 is 34.8 Å². The number of nitrogens with one attached hydrogen (secondary N) is 3. The first-order valence-corrected chi connectivity index (χ1v) is 10.7. The van der Waals surface area contributed by atoms with Crippen LogP contribution >= 0.6 is 0 Å². The lowest BCUT2D eigenvalue weighted by atomic mass is 10.1. The minimum absolute atomic E-state index is 0.0673. The molecule has 0 radical (unpaired) electrons. The van der Waals surface area contributed by atoms with Gasteiger partial charge < -0.3 is 20.4 Å². The van der Waals surface area contributed by atoms with Crippen molar-refractivity contribution in [3.63, 3.8) is 0 Å². The van der Waals surface area contributed by atoms with E-state index in [0.717, 1.165) is 40.4 Å². The molecule has 164 valence electrons. The lowest BCUT2D eigenvalue weighted by molar-refractivity contribution is -0.870. The lowest BCUT2D eigenvalue weighted by Crippen LogP contribution is -3.10. The predicted molar refractivity (Wildman–Crippen MR) is 122 cm³/mol. The van der Waals surface area contributed by atoms with Crippen molar-refractivity contribution in [1.29, 1.82) is 0 Å². The first kappa shape index (κ1) is 22.5. The van der Waals surface area contributed by atoms with Crippen molar-refractivity contribution in [2.45, 2.75) is 33.1 Å². The predicted octanol–water partition coefficient (Wildman–Crippen LogP) is 1.91. The number of nitrogens with zero attached hydrogens (tertiary/aromatic N) is 1. The summed E-state index contributed by atoms with van der Waals surface area (Å²) in [5, 5.41) is 5.86. The zero-order valence-corrected chi connectivity index (χ0v) is 18.5. The Hall–Kier alpha value is -3.19. The molecule has 1 fully saturated rings. The SMILES string of the molecule is Cc1cccc(C)c1NC(=O)C[NH+](C)CCC(=O)Nc1ccc(N2CCCC2=O)cc1. The van der Waals surface area contributed by atoms with E-state index in [9.17, 15) is 14.4 Å². The average Bonchev–Trinajstić information content (AvgIpc) is 3.16. The van der Waals surface area contributed by atoms with E-state index in [2.05, 4.69) is 10.6 Å². The molecular formula is C24H31N4O3+. The second kappa shape index (κ2) is 10.2. The quantitative estimate of drug-likeness (QED) is 0.607. The monoisotopic (exact) mass is 423 g/mol. The molecule has 1 aliphatic heterocycles. The number of aryl methyl sites for hydroxylation is 2. The minimum atomic E-state index is -0.0977. The fraction of sp³-hybridized carbons (Fsp3) is 0.375. The summed E-state index contributed by atoms with van der Waals surface area (Å²) in [5.41, 5.74) is 4.48. The molecule has 1 heterocycles. The maximum atomic E-state index is 12.4. The standard InChI is InChI=1S/C24H30N4O3/c1-17-6-4-7-18(2)24(17)26-22(30)16-27(3)15-13-21(29)25-19-9-11-20(12-10-19)28-14-5-8-23(28)31/h4,6-7,9-12H,5,8,13-16H2,1-3H3,(H,25,29)(H,26,30)/p+1. The smallest absolute Gasteiger partial charge is 0.279 e. The molecule has 0 spiro atoms. The number of amides is 3. The van der Waals surface area contributed by atoms with E-state index in [1.165, 1.54) is 0 Å². The van der Waals surface area contributed by atoms with Crippen LogP contribution in [0.4, 0.5) is 17.1 Å². The number of quaternary nitrogens is 1. The normalized spacial score (nSPS) is 14.4. The fourth-order valence-corrected chi connectivity index (χ4v) is 3.75. The van der Waals surface area contributed by atoms with Crippen molar-refractivity contribution in [3.8, 4) is 0 Å². The molecule has 0 aromatic heterocycles. The van der Waals surface area contributed by atoms with Crippen molar-refractivity contribution in [2.24, 2.45) is 0 Å². The summed E-state index contributed by atoms with van der Waals surface area (Å²) in [4.78, 5) is 39.2. The van der Waals surface area contributed by atoms with Gasteiger partial charge in [-0.15, -0.1) is 0 Å². The van der Waals surface area contributed by atoms with Gasteiger partial charge in [0.05, 0.1) is 20.0 Å². The van der Waals surface area contributed by atoms with Crippen LogP contribution in [0.5, 0.6) is 0 Å². The number of para-hydroxylation sites is 1. The van der Waals surface area contributed by atoms with Crippen LogP contribution in [0.1, 0.15) is 30.4 Å². The maximum Gasteiger partial charge on any atom is 0.279 e. The molecule has 1 aliphatic rings. The Morgan fingerprint density at radius 2 is 1.68 bits per heavy atom.